The van der Waals surface area contributed by atoms with Crippen LogP contribution in [-0.2, 0) is 21.4 Å². The highest BCUT2D eigenvalue weighted by atomic mass is 16.5. The van der Waals surface area contributed by atoms with Gasteiger partial charge in [0.25, 0.3) is 5.91 Å². The highest BCUT2D eigenvalue weighted by Gasteiger charge is 2.09. The molecule has 0 saturated heterocycles. The summed E-state index contributed by atoms with van der Waals surface area (Å²) in [5.41, 5.74) is 4.32. The summed E-state index contributed by atoms with van der Waals surface area (Å²) >= 11 is 0. The number of hydrogen-bond donors (Lipinski definition) is 1. The zero-order valence-corrected chi connectivity index (χ0v) is 15.7. The molecule has 2 rings (SSSR count). The van der Waals surface area contributed by atoms with Gasteiger partial charge >= 0.3 is 5.97 Å². The smallest absolute Gasteiger partial charge is 0.331 e. The number of aryl methyl sites for hydroxylation is 2. The number of nitrogens with one attached hydrogen (secondary N) is 1. The normalized spacial score (nSPS) is 10.8. The predicted octanol–water partition coefficient (Wildman–Crippen LogP) is 2.30. The van der Waals surface area contributed by atoms with E-state index in [0.717, 1.165) is 22.6 Å². The molecule has 7 heteroatoms. The van der Waals surface area contributed by atoms with Crippen molar-refractivity contribution in [3.8, 4) is 0 Å². The Balaban J connectivity index is 1.84. The molecule has 0 radical (unpaired) electrons. The van der Waals surface area contributed by atoms with Crippen molar-refractivity contribution in [2.75, 3.05) is 30.9 Å². The molecular weight excluding hydrogens is 332 g/mol. The largest absolute Gasteiger partial charge is 0.452 e. The zero-order valence-electron chi connectivity index (χ0n) is 15.7. The van der Waals surface area contributed by atoms with Gasteiger partial charge in [0, 0.05) is 49.9 Å². The molecule has 0 bridgehead atoms. The number of benzene rings is 1. The van der Waals surface area contributed by atoms with Gasteiger partial charge in [0.1, 0.15) is 0 Å². The Kier molecular flexibility index (Phi) is 6.16. The molecule has 0 fully saturated rings. The van der Waals surface area contributed by atoms with Crippen LogP contribution in [0.1, 0.15) is 17.0 Å². The molecule has 1 aromatic carbocycles. The van der Waals surface area contributed by atoms with Gasteiger partial charge in [-0.15, -0.1) is 0 Å². The minimum atomic E-state index is -0.578. The van der Waals surface area contributed by atoms with Gasteiger partial charge in [-0.1, -0.05) is 0 Å². The lowest BCUT2D eigenvalue weighted by Gasteiger charge is -2.13. The quantitative estimate of drug-likeness (QED) is 0.635. The number of amides is 1. The van der Waals surface area contributed by atoms with Crippen LogP contribution in [0.25, 0.3) is 6.08 Å². The van der Waals surface area contributed by atoms with Crippen molar-refractivity contribution in [1.82, 2.24) is 9.78 Å². The van der Waals surface area contributed by atoms with Crippen LogP contribution in [0, 0.1) is 13.8 Å². The standard InChI is InChI=1S/C19H24N4O3/c1-13-17(14(2)23(5)21-13)10-11-19(25)26-12-18(24)20-15-6-8-16(9-7-15)22(3)4/h6-11H,12H2,1-5H3,(H,20,24)/b11-10+. The molecule has 1 aromatic heterocycles. The van der Waals surface area contributed by atoms with E-state index in [4.69, 9.17) is 4.74 Å². The molecule has 1 N–H and O–H groups in total. The number of carbonyl (C=O) groups excluding carboxylic acids is 2. The van der Waals surface area contributed by atoms with Gasteiger partial charge in [-0.2, -0.15) is 5.10 Å². The number of ether oxygens (including phenoxy) is 1. The molecule has 138 valence electrons. The van der Waals surface area contributed by atoms with Crippen molar-refractivity contribution in [3.63, 3.8) is 0 Å². The lowest BCUT2D eigenvalue weighted by atomic mass is 10.2. The minimum Gasteiger partial charge on any atom is -0.452 e. The minimum absolute atomic E-state index is 0.344. The second-order valence-electron chi connectivity index (χ2n) is 6.14. The fourth-order valence-corrected chi connectivity index (χ4v) is 2.41. The molecule has 0 unspecified atom stereocenters. The summed E-state index contributed by atoms with van der Waals surface area (Å²) in [7, 11) is 5.72. The molecule has 0 spiro atoms. The maximum absolute atomic E-state index is 11.9. The van der Waals surface area contributed by atoms with Gasteiger partial charge in [0.15, 0.2) is 6.61 Å². The van der Waals surface area contributed by atoms with Crippen LogP contribution in [-0.4, -0.2) is 42.4 Å². The molecule has 0 atom stereocenters. The third-order valence-electron chi connectivity index (χ3n) is 3.96. The van der Waals surface area contributed by atoms with E-state index >= 15 is 0 Å². The average molecular weight is 356 g/mol. The first-order valence-corrected chi connectivity index (χ1v) is 8.20. The average Bonchev–Trinajstić information content (AvgIpc) is 2.84. The number of rotatable bonds is 6. The number of nitrogens with zero attached hydrogens (tertiary/aromatic N) is 3. The summed E-state index contributed by atoms with van der Waals surface area (Å²) in [4.78, 5) is 25.6. The first kappa shape index (κ1) is 19.2. The second-order valence-corrected chi connectivity index (χ2v) is 6.14. The second kappa shape index (κ2) is 8.33. The molecule has 0 aliphatic rings. The Morgan fingerprint density at radius 1 is 1.23 bits per heavy atom. The van der Waals surface area contributed by atoms with Crippen molar-refractivity contribution in [1.29, 1.82) is 0 Å². The molecular formula is C19H24N4O3. The maximum atomic E-state index is 11.9. The van der Waals surface area contributed by atoms with Gasteiger partial charge in [0.2, 0.25) is 0 Å². The van der Waals surface area contributed by atoms with Crippen LogP contribution >= 0.6 is 0 Å². The summed E-state index contributed by atoms with van der Waals surface area (Å²) in [6, 6.07) is 7.37. The van der Waals surface area contributed by atoms with Gasteiger partial charge in [-0.05, 0) is 44.2 Å². The maximum Gasteiger partial charge on any atom is 0.331 e. The lowest BCUT2D eigenvalue weighted by molar-refractivity contribution is -0.142. The Morgan fingerprint density at radius 2 is 1.88 bits per heavy atom. The Bertz CT molecular complexity index is 820. The van der Waals surface area contributed by atoms with Crippen LogP contribution in [0.2, 0.25) is 0 Å². The number of anilines is 2. The molecule has 1 heterocycles. The Labute approximate surface area is 153 Å². The highest BCUT2D eigenvalue weighted by molar-refractivity contribution is 5.94. The fourth-order valence-electron chi connectivity index (χ4n) is 2.41. The summed E-state index contributed by atoms with van der Waals surface area (Å²) in [5, 5.41) is 6.96. The van der Waals surface area contributed by atoms with Gasteiger partial charge in [-0.3, -0.25) is 9.48 Å². The third-order valence-corrected chi connectivity index (χ3v) is 3.96. The van der Waals surface area contributed by atoms with Crippen molar-refractivity contribution in [2.24, 2.45) is 7.05 Å². The van der Waals surface area contributed by atoms with Crippen molar-refractivity contribution in [2.45, 2.75) is 13.8 Å². The molecule has 0 aliphatic heterocycles. The zero-order chi connectivity index (χ0) is 19.3. The molecule has 0 saturated carbocycles. The van der Waals surface area contributed by atoms with E-state index in [-0.39, 0.29) is 6.61 Å². The van der Waals surface area contributed by atoms with Crippen LogP contribution in [0.4, 0.5) is 11.4 Å². The Morgan fingerprint density at radius 3 is 2.42 bits per heavy atom. The first-order valence-electron chi connectivity index (χ1n) is 8.20. The van der Waals surface area contributed by atoms with E-state index in [2.05, 4.69) is 10.4 Å². The third kappa shape index (κ3) is 4.95. The van der Waals surface area contributed by atoms with Crippen LogP contribution in [0.3, 0.4) is 0 Å². The predicted molar refractivity (Wildman–Crippen MR) is 102 cm³/mol. The van der Waals surface area contributed by atoms with E-state index < -0.39 is 11.9 Å². The van der Waals surface area contributed by atoms with Gasteiger partial charge in [-0.25, -0.2) is 4.79 Å². The summed E-state index contributed by atoms with van der Waals surface area (Å²) in [6.07, 6.45) is 2.95. The molecule has 26 heavy (non-hydrogen) atoms. The van der Waals surface area contributed by atoms with Crippen LogP contribution in [0.5, 0.6) is 0 Å². The SMILES string of the molecule is Cc1nn(C)c(C)c1/C=C/C(=O)OCC(=O)Nc1ccc(N(C)C)cc1. The van der Waals surface area contributed by atoms with Crippen LogP contribution in [0.15, 0.2) is 30.3 Å². The van der Waals surface area contributed by atoms with E-state index in [1.165, 1.54) is 6.08 Å². The van der Waals surface area contributed by atoms with E-state index in [1.54, 1.807) is 22.9 Å². The fraction of sp³-hybridized carbons (Fsp3) is 0.316. The highest BCUT2D eigenvalue weighted by Crippen LogP contribution is 2.16. The summed E-state index contributed by atoms with van der Waals surface area (Å²) in [5.74, 6) is -0.969. The summed E-state index contributed by atoms with van der Waals surface area (Å²) < 4.78 is 6.72. The van der Waals surface area contributed by atoms with Crippen molar-refractivity contribution in [3.05, 3.63) is 47.3 Å². The summed E-state index contributed by atoms with van der Waals surface area (Å²) in [6.45, 7) is 3.44. The van der Waals surface area contributed by atoms with Crippen LogP contribution < -0.4 is 10.2 Å². The lowest BCUT2D eigenvalue weighted by Crippen LogP contribution is -2.20. The van der Waals surface area contributed by atoms with E-state index in [0.29, 0.717) is 5.69 Å². The number of esters is 1. The van der Waals surface area contributed by atoms with Crippen molar-refractivity contribution >= 4 is 29.3 Å². The number of hydrogen-bond acceptors (Lipinski definition) is 5. The molecule has 7 nitrogen and oxygen atoms in total. The van der Waals surface area contributed by atoms with Crippen molar-refractivity contribution < 1.29 is 14.3 Å². The molecule has 2 aromatic rings. The molecule has 0 aliphatic carbocycles. The number of carbonyl (C=O) groups is 2. The van der Waals surface area contributed by atoms with E-state index in [1.807, 2.05) is 52.0 Å². The molecule has 1 amide bonds. The topological polar surface area (TPSA) is 76.5 Å². The number of aromatic nitrogens is 2. The monoisotopic (exact) mass is 356 g/mol. The first-order chi connectivity index (χ1) is 12.3. The van der Waals surface area contributed by atoms with E-state index in [9.17, 15) is 9.59 Å². The van der Waals surface area contributed by atoms with Gasteiger partial charge < -0.3 is 15.0 Å². The van der Waals surface area contributed by atoms with Gasteiger partial charge in [0.05, 0.1) is 5.69 Å². The Hall–Kier alpha value is -3.09.